The average Bonchev–Trinajstić information content (AvgIpc) is 4.12. The molecule has 0 aromatic heterocycles. The van der Waals surface area contributed by atoms with Gasteiger partial charge < -0.3 is 18.9 Å². The first-order valence-electron chi connectivity index (χ1n) is 28.0. The fourth-order valence-electron chi connectivity index (χ4n) is 9.96. The van der Waals surface area contributed by atoms with E-state index in [1.807, 2.05) is 36.4 Å². The highest BCUT2D eigenvalue weighted by molar-refractivity contribution is 6.55. The lowest BCUT2D eigenvalue weighted by Crippen LogP contribution is -2.44. The quantitative estimate of drug-likeness (QED) is 0.0406. The summed E-state index contributed by atoms with van der Waals surface area (Å²) in [5, 5.41) is 0. The third-order valence-electron chi connectivity index (χ3n) is 13.9. The number of hydrogen-bond acceptors (Lipinski definition) is 8. The molecule has 0 saturated carbocycles. The predicted molar refractivity (Wildman–Crippen MR) is 307 cm³/mol. The SMILES string of the molecule is CCCCCCOc1cccc(C2(C3(c4cccc(OCCCCCC)c4OCCCCCC)N=C(c4ccccc4)C(c4ccccc4)=N3)N=C(c3ccccc3)C(c3ccccc3)=N2)c1OCCCCCC. The van der Waals surface area contributed by atoms with Crippen LogP contribution < -0.4 is 18.9 Å². The maximum atomic E-state index is 7.20. The molecule has 0 spiro atoms. The average molecular weight is 991 g/mol. The molecule has 8 rings (SSSR count). The van der Waals surface area contributed by atoms with E-state index in [1.165, 1.54) is 0 Å². The molecule has 6 aromatic carbocycles. The van der Waals surface area contributed by atoms with Gasteiger partial charge in [0.2, 0.25) is 11.3 Å². The smallest absolute Gasteiger partial charge is 0.230 e. The summed E-state index contributed by atoms with van der Waals surface area (Å²) < 4.78 is 28.2. The van der Waals surface area contributed by atoms with Crippen molar-refractivity contribution in [1.82, 2.24) is 0 Å². The van der Waals surface area contributed by atoms with Crippen LogP contribution in [-0.2, 0) is 11.3 Å². The van der Waals surface area contributed by atoms with E-state index < -0.39 is 11.3 Å². The predicted octanol–water partition coefficient (Wildman–Crippen LogP) is 16.5. The first-order valence-corrected chi connectivity index (χ1v) is 28.0. The minimum Gasteiger partial charge on any atom is -0.490 e. The molecule has 2 aliphatic rings. The second kappa shape index (κ2) is 27.5. The number of ether oxygens (including phenoxy) is 4. The molecule has 386 valence electrons. The summed E-state index contributed by atoms with van der Waals surface area (Å²) in [6, 6.07) is 54.0. The maximum Gasteiger partial charge on any atom is 0.230 e. The normalized spacial score (nSPS) is 14.5. The van der Waals surface area contributed by atoms with Crippen LogP contribution in [0.15, 0.2) is 178 Å². The highest BCUT2D eigenvalue weighted by atomic mass is 16.5. The van der Waals surface area contributed by atoms with Gasteiger partial charge in [0.25, 0.3) is 0 Å². The molecule has 0 fully saturated rings. The monoisotopic (exact) mass is 991 g/mol. The number of rotatable bonds is 31. The van der Waals surface area contributed by atoms with E-state index in [4.69, 9.17) is 38.9 Å². The second-order valence-corrected chi connectivity index (χ2v) is 19.6. The molecule has 0 atom stereocenters. The van der Waals surface area contributed by atoms with Gasteiger partial charge in [-0.15, -0.1) is 0 Å². The summed E-state index contributed by atoms with van der Waals surface area (Å²) >= 11 is 0. The summed E-state index contributed by atoms with van der Waals surface area (Å²) in [7, 11) is 0. The zero-order valence-electron chi connectivity index (χ0n) is 44.6. The molecule has 0 radical (unpaired) electrons. The van der Waals surface area contributed by atoms with Crippen molar-refractivity contribution in [3.05, 3.63) is 191 Å². The Morgan fingerprint density at radius 2 is 0.554 bits per heavy atom. The van der Waals surface area contributed by atoms with Crippen LogP contribution in [0.4, 0.5) is 0 Å². The lowest BCUT2D eigenvalue weighted by Gasteiger charge is -2.40. The van der Waals surface area contributed by atoms with E-state index in [2.05, 4.69) is 149 Å². The molecule has 0 saturated heterocycles. The molecule has 2 aliphatic heterocycles. The van der Waals surface area contributed by atoms with E-state index in [9.17, 15) is 0 Å². The van der Waals surface area contributed by atoms with Crippen molar-refractivity contribution in [1.29, 1.82) is 0 Å². The van der Waals surface area contributed by atoms with Gasteiger partial charge in [-0.3, -0.25) is 0 Å². The Morgan fingerprint density at radius 1 is 0.284 bits per heavy atom. The van der Waals surface area contributed by atoms with Crippen LogP contribution in [-0.4, -0.2) is 49.3 Å². The Morgan fingerprint density at radius 3 is 0.824 bits per heavy atom. The van der Waals surface area contributed by atoms with Gasteiger partial charge in [0.15, 0.2) is 23.0 Å². The highest BCUT2D eigenvalue weighted by Gasteiger charge is 2.63. The molecule has 0 bridgehead atoms. The maximum absolute atomic E-state index is 7.20. The molecule has 74 heavy (non-hydrogen) atoms. The van der Waals surface area contributed by atoms with Gasteiger partial charge in [-0.25, -0.2) is 20.0 Å². The van der Waals surface area contributed by atoms with Gasteiger partial charge in [0.05, 0.1) is 60.4 Å². The van der Waals surface area contributed by atoms with Crippen LogP contribution in [0.2, 0.25) is 0 Å². The lowest BCUT2D eigenvalue weighted by atomic mass is 9.80. The minimum atomic E-state index is -1.67. The fourth-order valence-corrected chi connectivity index (χ4v) is 9.96. The number of benzene rings is 6. The van der Waals surface area contributed by atoms with Crippen molar-refractivity contribution < 1.29 is 18.9 Å². The molecule has 0 unspecified atom stereocenters. The Kier molecular flexibility index (Phi) is 19.9. The summed E-state index contributed by atoms with van der Waals surface area (Å²) in [5.74, 6) is 2.49. The van der Waals surface area contributed by atoms with Gasteiger partial charge in [0.1, 0.15) is 0 Å². The van der Waals surface area contributed by atoms with Crippen molar-refractivity contribution in [2.75, 3.05) is 26.4 Å². The third kappa shape index (κ3) is 12.6. The van der Waals surface area contributed by atoms with Crippen LogP contribution in [0.1, 0.15) is 164 Å². The Hall–Kier alpha value is -6.80. The van der Waals surface area contributed by atoms with Gasteiger partial charge in [-0.05, 0) is 37.8 Å². The summed E-state index contributed by atoms with van der Waals surface area (Å²) in [5.41, 5.74) is 4.65. The largest absolute Gasteiger partial charge is 0.490 e. The molecule has 6 aromatic rings. The molecule has 2 heterocycles. The number of nitrogens with zero attached hydrogens (tertiary/aromatic N) is 4. The second-order valence-electron chi connectivity index (χ2n) is 19.6. The first-order chi connectivity index (χ1) is 36.6. The number of para-hydroxylation sites is 2. The van der Waals surface area contributed by atoms with Gasteiger partial charge in [-0.1, -0.05) is 250 Å². The van der Waals surface area contributed by atoms with Crippen molar-refractivity contribution in [3.8, 4) is 23.0 Å². The molecule has 0 N–H and O–H groups in total. The first kappa shape index (κ1) is 53.5. The van der Waals surface area contributed by atoms with Crippen molar-refractivity contribution in [2.24, 2.45) is 20.0 Å². The Bertz CT molecular complexity index is 2480. The van der Waals surface area contributed by atoms with E-state index in [0.29, 0.717) is 60.6 Å². The topological polar surface area (TPSA) is 86.4 Å². The molecule has 8 nitrogen and oxygen atoms in total. The highest BCUT2D eigenvalue weighted by Crippen LogP contribution is 2.60. The minimum absolute atomic E-state index is 0.487. The Balaban J connectivity index is 1.51. The van der Waals surface area contributed by atoms with Crippen molar-refractivity contribution in [2.45, 2.75) is 142 Å². The van der Waals surface area contributed by atoms with Crippen LogP contribution in [0.25, 0.3) is 0 Å². The van der Waals surface area contributed by atoms with E-state index >= 15 is 0 Å². The summed E-state index contributed by atoms with van der Waals surface area (Å²) in [6.45, 7) is 11.0. The fraction of sp³-hybridized carbons (Fsp3) is 0.394. The van der Waals surface area contributed by atoms with Gasteiger partial charge in [0, 0.05) is 22.3 Å². The molecular formula is C66H78N4O4. The number of aliphatic imine (C=N–C) groups is 4. The van der Waals surface area contributed by atoms with E-state index in [0.717, 1.165) is 148 Å². The molecule has 0 aliphatic carbocycles. The molecule has 0 amide bonds. The van der Waals surface area contributed by atoms with Crippen molar-refractivity contribution >= 4 is 22.8 Å². The van der Waals surface area contributed by atoms with Gasteiger partial charge in [-0.2, -0.15) is 0 Å². The van der Waals surface area contributed by atoms with Crippen LogP contribution in [0.3, 0.4) is 0 Å². The standard InChI is InChI=1S/C66H78N4O4/c1-5-9-13-29-47-71-57-45-33-43-55(63(57)73-49-31-15-11-7-3)65(67-59(51-35-21-17-22-36-51)60(68-65)52-37-23-18-24-38-52)66(69-61(53-39-25-19-26-40-53)62(70-66)54-41-27-20-28-42-54)56-44-34-46-58(72-48-30-14-10-6-2)64(56)74-50-32-16-12-8-4/h17-28,33-46H,5-16,29-32,47-50H2,1-4H3. The van der Waals surface area contributed by atoms with E-state index in [1.54, 1.807) is 0 Å². The van der Waals surface area contributed by atoms with E-state index in [-0.39, 0.29) is 0 Å². The van der Waals surface area contributed by atoms with Crippen LogP contribution >= 0.6 is 0 Å². The molecular weight excluding hydrogens is 913 g/mol. The van der Waals surface area contributed by atoms with Crippen molar-refractivity contribution in [3.63, 3.8) is 0 Å². The number of hydrogen-bond donors (Lipinski definition) is 0. The Labute approximate surface area is 442 Å². The summed E-state index contributed by atoms with van der Waals surface area (Å²) in [6.07, 6.45) is 17.0. The zero-order valence-corrected chi connectivity index (χ0v) is 44.6. The molecule has 8 heteroatoms. The zero-order chi connectivity index (χ0) is 51.3. The lowest BCUT2D eigenvalue weighted by molar-refractivity contribution is 0.211. The summed E-state index contributed by atoms with van der Waals surface area (Å²) in [4.78, 5) is 24.6. The van der Waals surface area contributed by atoms with Crippen LogP contribution in [0, 0.1) is 0 Å². The van der Waals surface area contributed by atoms with Crippen LogP contribution in [0.5, 0.6) is 23.0 Å². The van der Waals surface area contributed by atoms with Gasteiger partial charge >= 0.3 is 0 Å². The number of unbranched alkanes of at least 4 members (excludes halogenated alkanes) is 12. The third-order valence-corrected chi connectivity index (χ3v) is 13.9.